The number of carbonyl (C=O) groups is 1. The SMILES string of the molecule is C[C@@H](OC(=O)/C=C/c1cccc(Br)c1)c1nc2ccccc2c(=O)[nH]1. The van der Waals surface area contributed by atoms with E-state index >= 15 is 0 Å². The minimum atomic E-state index is -0.669. The second-order valence-corrected chi connectivity index (χ2v) is 6.35. The van der Waals surface area contributed by atoms with Crippen molar-refractivity contribution in [3.05, 3.63) is 80.8 Å². The molecule has 0 radical (unpaired) electrons. The van der Waals surface area contributed by atoms with Crippen molar-refractivity contribution < 1.29 is 9.53 Å². The first kappa shape index (κ1) is 17.1. The van der Waals surface area contributed by atoms with Gasteiger partial charge in [-0.1, -0.05) is 40.2 Å². The number of nitrogens with one attached hydrogen (secondary N) is 1. The Morgan fingerprint density at radius 1 is 1.24 bits per heavy atom. The molecule has 6 heteroatoms. The molecule has 0 aliphatic rings. The Morgan fingerprint density at radius 3 is 2.84 bits per heavy atom. The predicted molar refractivity (Wildman–Crippen MR) is 100 cm³/mol. The van der Waals surface area contributed by atoms with Gasteiger partial charge in [0, 0.05) is 10.5 Å². The minimum absolute atomic E-state index is 0.256. The van der Waals surface area contributed by atoms with E-state index < -0.39 is 12.1 Å². The Labute approximate surface area is 152 Å². The van der Waals surface area contributed by atoms with Gasteiger partial charge >= 0.3 is 5.97 Å². The normalized spacial score (nSPS) is 12.4. The van der Waals surface area contributed by atoms with E-state index in [1.54, 1.807) is 37.3 Å². The number of ether oxygens (including phenoxy) is 1. The van der Waals surface area contributed by atoms with E-state index in [0.29, 0.717) is 16.7 Å². The van der Waals surface area contributed by atoms with Crippen LogP contribution in [0.15, 0.2) is 63.9 Å². The zero-order chi connectivity index (χ0) is 17.8. The first-order valence-electron chi connectivity index (χ1n) is 7.66. The molecule has 0 saturated heterocycles. The summed E-state index contributed by atoms with van der Waals surface area (Å²) in [5.41, 5.74) is 1.18. The standard InChI is InChI=1S/C19H15BrN2O3/c1-12(18-21-16-8-3-2-7-15(16)19(24)22-18)25-17(23)10-9-13-5-4-6-14(20)11-13/h2-12H,1H3,(H,21,22,24)/b10-9+/t12-/m1/s1. The molecule has 3 rings (SSSR count). The second kappa shape index (κ2) is 7.44. The van der Waals surface area contributed by atoms with Crippen LogP contribution < -0.4 is 5.56 Å². The van der Waals surface area contributed by atoms with E-state index in [4.69, 9.17) is 4.74 Å². The van der Waals surface area contributed by atoms with Crippen LogP contribution in [0.3, 0.4) is 0 Å². The number of rotatable bonds is 4. The van der Waals surface area contributed by atoms with Gasteiger partial charge in [-0.15, -0.1) is 0 Å². The molecule has 0 spiro atoms. The van der Waals surface area contributed by atoms with Gasteiger partial charge in [0.25, 0.3) is 5.56 Å². The highest BCUT2D eigenvalue weighted by atomic mass is 79.9. The lowest BCUT2D eigenvalue weighted by atomic mass is 10.2. The summed E-state index contributed by atoms with van der Waals surface area (Å²) in [5.74, 6) is -0.198. The van der Waals surface area contributed by atoms with Crippen LogP contribution in [-0.2, 0) is 9.53 Å². The number of benzene rings is 2. The summed E-state index contributed by atoms with van der Waals surface area (Å²) >= 11 is 3.37. The van der Waals surface area contributed by atoms with Crippen molar-refractivity contribution in [2.24, 2.45) is 0 Å². The third-order valence-electron chi connectivity index (χ3n) is 3.57. The van der Waals surface area contributed by atoms with Gasteiger partial charge in [-0.3, -0.25) is 4.79 Å². The maximum absolute atomic E-state index is 12.1. The Morgan fingerprint density at radius 2 is 2.04 bits per heavy atom. The van der Waals surface area contributed by atoms with Crippen molar-refractivity contribution in [2.75, 3.05) is 0 Å². The molecule has 0 saturated carbocycles. The number of fused-ring (bicyclic) bond motifs is 1. The molecule has 0 aliphatic heterocycles. The number of halogens is 1. The number of hydrogen-bond donors (Lipinski definition) is 1. The molecular weight excluding hydrogens is 384 g/mol. The number of nitrogens with zero attached hydrogens (tertiary/aromatic N) is 1. The Balaban J connectivity index is 1.74. The molecule has 25 heavy (non-hydrogen) atoms. The van der Waals surface area contributed by atoms with Gasteiger partial charge in [-0.25, -0.2) is 9.78 Å². The molecule has 1 N–H and O–H groups in total. The Hall–Kier alpha value is -2.73. The predicted octanol–water partition coefficient (Wildman–Crippen LogP) is 4.00. The zero-order valence-corrected chi connectivity index (χ0v) is 15.0. The first-order valence-corrected chi connectivity index (χ1v) is 8.45. The molecule has 0 fully saturated rings. The molecule has 0 bridgehead atoms. The van der Waals surface area contributed by atoms with E-state index in [2.05, 4.69) is 25.9 Å². The molecule has 5 nitrogen and oxygen atoms in total. The topological polar surface area (TPSA) is 72.0 Å². The third kappa shape index (κ3) is 4.22. The lowest BCUT2D eigenvalue weighted by Gasteiger charge is -2.11. The van der Waals surface area contributed by atoms with E-state index in [-0.39, 0.29) is 5.56 Å². The summed E-state index contributed by atoms with van der Waals surface area (Å²) in [5, 5.41) is 0.499. The summed E-state index contributed by atoms with van der Waals surface area (Å²) < 4.78 is 6.25. The highest BCUT2D eigenvalue weighted by molar-refractivity contribution is 9.10. The lowest BCUT2D eigenvalue weighted by molar-refractivity contribution is -0.142. The van der Waals surface area contributed by atoms with E-state index in [1.807, 2.05) is 24.3 Å². The highest BCUT2D eigenvalue weighted by Gasteiger charge is 2.14. The fourth-order valence-electron chi connectivity index (χ4n) is 2.34. The first-order chi connectivity index (χ1) is 12.0. The molecule has 126 valence electrons. The van der Waals surface area contributed by atoms with Crippen LogP contribution in [0.5, 0.6) is 0 Å². The average molecular weight is 399 g/mol. The molecule has 0 unspecified atom stereocenters. The smallest absolute Gasteiger partial charge is 0.331 e. The van der Waals surface area contributed by atoms with Gasteiger partial charge in [0.15, 0.2) is 11.9 Å². The number of H-pyrrole nitrogens is 1. The van der Waals surface area contributed by atoms with Crippen molar-refractivity contribution in [1.29, 1.82) is 0 Å². The lowest BCUT2D eigenvalue weighted by Crippen LogP contribution is -2.16. The van der Waals surface area contributed by atoms with Gasteiger partial charge in [0.05, 0.1) is 10.9 Å². The number of aromatic nitrogens is 2. The van der Waals surface area contributed by atoms with Crippen LogP contribution in [-0.4, -0.2) is 15.9 Å². The molecule has 0 amide bonds. The van der Waals surface area contributed by atoms with Crippen LogP contribution in [0.4, 0.5) is 0 Å². The molecular formula is C19H15BrN2O3. The van der Waals surface area contributed by atoms with Gasteiger partial charge < -0.3 is 9.72 Å². The molecule has 1 aromatic heterocycles. The van der Waals surface area contributed by atoms with E-state index in [9.17, 15) is 9.59 Å². The zero-order valence-electron chi connectivity index (χ0n) is 13.4. The van der Waals surface area contributed by atoms with Crippen molar-refractivity contribution in [3.63, 3.8) is 0 Å². The fourth-order valence-corrected chi connectivity index (χ4v) is 2.76. The fraction of sp³-hybridized carbons (Fsp3) is 0.105. The van der Waals surface area contributed by atoms with Crippen molar-refractivity contribution >= 4 is 38.9 Å². The van der Waals surface area contributed by atoms with E-state index in [0.717, 1.165) is 10.0 Å². The molecule has 2 aromatic carbocycles. The van der Waals surface area contributed by atoms with Gasteiger partial charge in [-0.05, 0) is 42.8 Å². The number of para-hydroxylation sites is 1. The van der Waals surface area contributed by atoms with Crippen LogP contribution in [0.2, 0.25) is 0 Å². The number of carbonyl (C=O) groups excluding carboxylic acids is 1. The van der Waals surface area contributed by atoms with Crippen LogP contribution in [0.1, 0.15) is 24.4 Å². The van der Waals surface area contributed by atoms with Crippen LogP contribution >= 0.6 is 15.9 Å². The Bertz CT molecular complexity index is 1010. The van der Waals surface area contributed by atoms with Crippen molar-refractivity contribution in [1.82, 2.24) is 9.97 Å². The Kier molecular flexibility index (Phi) is 5.09. The second-order valence-electron chi connectivity index (χ2n) is 5.44. The summed E-state index contributed by atoms with van der Waals surface area (Å²) in [6.07, 6.45) is 2.34. The minimum Gasteiger partial charge on any atom is -0.451 e. The van der Waals surface area contributed by atoms with Crippen LogP contribution in [0, 0.1) is 0 Å². The summed E-state index contributed by atoms with van der Waals surface area (Å²) in [6.45, 7) is 1.66. The molecule has 3 aromatic rings. The maximum Gasteiger partial charge on any atom is 0.331 e. The average Bonchev–Trinajstić information content (AvgIpc) is 2.60. The molecule has 1 atom stereocenters. The largest absolute Gasteiger partial charge is 0.451 e. The third-order valence-corrected chi connectivity index (χ3v) is 4.06. The number of hydrogen-bond acceptors (Lipinski definition) is 4. The summed E-state index contributed by atoms with van der Waals surface area (Å²) in [6, 6.07) is 14.6. The van der Waals surface area contributed by atoms with Gasteiger partial charge in [0.1, 0.15) is 0 Å². The van der Waals surface area contributed by atoms with Crippen molar-refractivity contribution in [3.8, 4) is 0 Å². The van der Waals surface area contributed by atoms with E-state index in [1.165, 1.54) is 6.08 Å². The number of esters is 1. The maximum atomic E-state index is 12.1. The summed E-state index contributed by atoms with van der Waals surface area (Å²) in [4.78, 5) is 31.1. The van der Waals surface area contributed by atoms with Gasteiger partial charge in [0.2, 0.25) is 0 Å². The summed E-state index contributed by atoms with van der Waals surface area (Å²) in [7, 11) is 0. The van der Waals surface area contributed by atoms with Crippen molar-refractivity contribution in [2.45, 2.75) is 13.0 Å². The quantitative estimate of drug-likeness (QED) is 0.532. The monoisotopic (exact) mass is 398 g/mol. The highest BCUT2D eigenvalue weighted by Crippen LogP contribution is 2.16. The van der Waals surface area contributed by atoms with Crippen LogP contribution in [0.25, 0.3) is 17.0 Å². The molecule has 0 aliphatic carbocycles. The number of aromatic amines is 1. The van der Waals surface area contributed by atoms with Gasteiger partial charge in [-0.2, -0.15) is 0 Å². The molecule has 1 heterocycles.